The van der Waals surface area contributed by atoms with E-state index in [1.807, 2.05) is 0 Å². The molecule has 0 unspecified atom stereocenters. The first-order chi connectivity index (χ1) is 8.08. The van der Waals surface area contributed by atoms with Crippen LogP contribution in [-0.4, -0.2) is 33.0 Å². The highest BCUT2D eigenvalue weighted by Crippen LogP contribution is 2.13. The third kappa shape index (κ3) is 2.27. The molecule has 1 saturated heterocycles. The average molecular weight is 235 g/mol. The van der Waals surface area contributed by atoms with E-state index in [0.29, 0.717) is 10.8 Å². The van der Waals surface area contributed by atoms with Crippen molar-refractivity contribution >= 4 is 17.8 Å². The Morgan fingerprint density at radius 3 is 2.41 bits per heavy atom. The van der Waals surface area contributed by atoms with Crippen molar-refractivity contribution in [2.45, 2.75) is 19.8 Å². The number of hydrogen-bond donors (Lipinski definition) is 0. The molecule has 7 heteroatoms. The summed E-state index contributed by atoms with van der Waals surface area (Å²) >= 11 is 0. The molecule has 1 aromatic heterocycles. The Morgan fingerprint density at radius 2 is 1.88 bits per heavy atom. The zero-order valence-electron chi connectivity index (χ0n) is 9.04. The minimum absolute atomic E-state index is 0.0527. The van der Waals surface area contributed by atoms with Gasteiger partial charge < -0.3 is 4.84 Å². The zero-order valence-corrected chi connectivity index (χ0v) is 9.04. The third-order valence-electron chi connectivity index (χ3n) is 2.19. The number of carbonyl (C=O) groups is 3. The number of imide groups is 1. The fourth-order valence-electron chi connectivity index (χ4n) is 1.30. The smallest absolute Gasteiger partial charge is 0.323 e. The van der Waals surface area contributed by atoms with E-state index in [0.717, 1.165) is 0 Å². The SMILES string of the molecule is Cc1ccc(C(=O)ON2C(=O)CCC2=O)nn1. The Balaban J connectivity index is 2.09. The van der Waals surface area contributed by atoms with Crippen molar-refractivity contribution in [2.24, 2.45) is 0 Å². The number of hydrogen-bond acceptors (Lipinski definition) is 6. The highest BCUT2D eigenvalue weighted by atomic mass is 16.7. The van der Waals surface area contributed by atoms with E-state index in [9.17, 15) is 14.4 Å². The maximum Gasteiger partial charge on any atom is 0.384 e. The van der Waals surface area contributed by atoms with E-state index in [2.05, 4.69) is 15.0 Å². The van der Waals surface area contributed by atoms with E-state index in [4.69, 9.17) is 0 Å². The quantitative estimate of drug-likeness (QED) is 0.670. The normalized spacial score (nSPS) is 15.2. The zero-order chi connectivity index (χ0) is 12.4. The van der Waals surface area contributed by atoms with Crippen molar-refractivity contribution in [3.63, 3.8) is 0 Å². The van der Waals surface area contributed by atoms with Gasteiger partial charge in [0.1, 0.15) is 0 Å². The second kappa shape index (κ2) is 4.28. The summed E-state index contributed by atoms with van der Waals surface area (Å²) in [5, 5.41) is 7.75. The second-order valence-corrected chi connectivity index (χ2v) is 3.52. The molecule has 1 aromatic rings. The minimum atomic E-state index is -0.874. The average Bonchev–Trinajstić information content (AvgIpc) is 2.61. The maximum absolute atomic E-state index is 11.5. The summed E-state index contributed by atoms with van der Waals surface area (Å²) < 4.78 is 0. The van der Waals surface area contributed by atoms with Crippen molar-refractivity contribution in [3.8, 4) is 0 Å². The maximum atomic E-state index is 11.5. The molecule has 0 saturated carbocycles. The van der Waals surface area contributed by atoms with Crippen molar-refractivity contribution in [3.05, 3.63) is 23.5 Å². The summed E-state index contributed by atoms with van der Waals surface area (Å²) in [6, 6.07) is 2.99. The monoisotopic (exact) mass is 235 g/mol. The summed E-state index contributed by atoms with van der Waals surface area (Å²) in [5.41, 5.74) is 0.595. The number of hydroxylamine groups is 2. The van der Waals surface area contributed by atoms with Crippen molar-refractivity contribution in [1.29, 1.82) is 0 Å². The summed E-state index contributed by atoms with van der Waals surface area (Å²) in [5.74, 6) is -1.92. The van der Waals surface area contributed by atoms with Crippen LogP contribution in [0.15, 0.2) is 12.1 Å². The first-order valence-electron chi connectivity index (χ1n) is 4.96. The van der Waals surface area contributed by atoms with E-state index in [1.165, 1.54) is 6.07 Å². The molecule has 2 rings (SSSR count). The van der Waals surface area contributed by atoms with Gasteiger partial charge in [-0.05, 0) is 19.1 Å². The lowest BCUT2D eigenvalue weighted by molar-refractivity contribution is -0.172. The summed E-state index contributed by atoms with van der Waals surface area (Å²) in [6.45, 7) is 1.72. The van der Waals surface area contributed by atoms with Crippen LogP contribution in [-0.2, 0) is 14.4 Å². The molecular formula is C10H9N3O4. The molecule has 88 valence electrons. The Morgan fingerprint density at radius 1 is 1.24 bits per heavy atom. The number of aromatic nitrogens is 2. The molecule has 1 aliphatic rings. The van der Waals surface area contributed by atoms with Crippen LogP contribution in [0.1, 0.15) is 29.0 Å². The first kappa shape index (κ1) is 11.2. The van der Waals surface area contributed by atoms with E-state index in [1.54, 1.807) is 13.0 Å². The molecule has 17 heavy (non-hydrogen) atoms. The standard InChI is InChI=1S/C10H9N3O4/c1-6-2-3-7(12-11-6)10(16)17-13-8(14)4-5-9(13)15/h2-3H,4-5H2,1H3. The molecule has 0 aromatic carbocycles. The van der Waals surface area contributed by atoms with Crippen LogP contribution in [0.4, 0.5) is 0 Å². The highest BCUT2D eigenvalue weighted by Gasteiger charge is 2.33. The molecule has 2 heterocycles. The fraction of sp³-hybridized carbons (Fsp3) is 0.300. The van der Waals surface area contributed by atoms with Crippen LogP contribution in [0, 0.1) is 6.92 Å². The predicted molar refractivity (Wildman–Crippen MR) is 53.3 cm³/mol. The lowest BCUT2D eigenvalue weighted by Gasteiger charge is -2.11. The van der Waals surface area contributed by atoms with Gasteiger partial charge >= 0.3 is 5.97 Å². The Kier molecular flexibility index (Phi) is 2.82. The van der Waals surface area contributed by atoms with Gasteiger partial charge in [-0.3, -0.25) is 9.59 Å². The number of carbonyl (C=O) groups excluding carboxylic acids is 3. The molecule has 0 atom stereocenters. The molecular weight excluding hydrogens is 226 g/mol. The summed E-state index contributed by atoms with van der Waals surface area (Å²) in [4.78, 5) is 38.6. The second-order valence-electron chi connectivity index (χ2n) is 3.52. The van der Waals surface area contributed by atoms with E-state index in [-0.39, 0.29) is 18.5 Å². The predicted octanol–water partition coefficient (Wildman–Crippen LogP) is 0.00582. The molecule has 0 radical (unpaired) electrons. The van der Waals surface area contributed by atoms with Crippen LogP contribution in [0.3, 0.4) is 0 Å². The fourth-order valence-corrected chi connectivity index (χ4v) is 1.30. The molecule has 0 bridgehead atoms. The molecule has 0 aliphatic carbocycles. The van der Waals surface area contributed by atoms with E-state index >= 15 is 0 Å². The topological polar surface area (TPSA) is 89.5 Å². The van der Waals surface area contributed by atoms with Crippen LogP contribution in [0.2, 0.25) is 0 Å². The van der Waals surface area contributed by atoms with Gasteiger partial charge in [-0.15, -0.1) is 10.2 Å². The van der Waals surface area contributed by atoms with Gasteiger partial charge in [0, 0.05) is 12.8 Å². The van der Waals surface area contributed by atoms with Crippen molar-refractivity contribution in [2.75, 3.05) is 0 Å². The lowest BCUT2D eigenvalue weighted by Crippen LogP contribution is -2.32. The van der Waals surface area contributed by atoms with Crippen LogP contribution in [0.5, 0.6) is 0 Å². The Bertz CT molecular complexity index is 467. The number of amides is 2. The third-order valence-corrected chi connectivity index (χ3v) is 2.19. The van der Waals surface area contributed by atoms with Crippen LogP contribution < -0.4 is 0 Å². The largest absolute Gasteiger partial charge is 0.384 e. The number of nitrogens with zero attached hydrogens (tertiary/aromatic N) is 3. The van der Waals surface area contributed by atoms with Gasteiger partial charge in [-0.25, -0.2) is 4.79 Å². The van der Waals surface area contributed by atoms with Gasteiger partial charge in [0.2, 0.25) is 0 Å². The molecule has 0 N–H and O–H groups in total. The molecule has 1 fully saturated rings. The van der Waals surface area contributed by atoms with E-state index < -0.39 is 17.8 Å². The highest BCUT2D eigenvalue weighted by molar-refractivity contribution is 6.02. The molecule has 2 amide bonds. The molecule has 0 spiro atoms. The van der Waals surface area contributed by atoms with Crippen LogP contribution >= 0.6 is 0 Å². The Labute approximate surface area is 96.3 Å². The number of rotatable bonds is 2. The molecule has 1 aliphatic heterocycles. The van der Waals surface area contributed by atoms with Gasteiger partial charge in [0.15, 0.2) is 5.69 Å². The van der Waals surface area contributed by atoms with Crippen molar-refractivity contribution in [1.82, 2.24) is 15.3 Å². The molecule has 7 nitrogen and oxygen atoms in total. The van der Waals surface area contributed by atoms with Gasteiger partial charge in [0.25, 0.3) is 11.8 Å². The Hall–Kier alpha value is -2.31. The van der Waals surface area contributed by atoms with Gasteiger partial charge in [-0.2, -0.15) is 5.10 Å². The minimum Gasteiger partial charge on any atom is -0.323 e. The number of aryl methyl sites for hydroxylation is 1. The summed E-state index contributed by atoms with van der Waals surface area (Å²) in [6.07, 6.45) is 0.122. The lowest BCUT2D eigenvalue weighted by atomic mass is 10.3. The first-order valence-corrected chi connectivity index (χ1v) is 4.96. The van der Waals surface area contributed by atoms with Gasteiger partial charge in [0.05, 0.1) is 5.69 Å². The van der Waals surface area contributed by atoms with Gasteiger partial charge in [-0.1, -0.05) is 0 Å². The van der Waals surface area contributed by atoms with Crippen LogP contribution in [0.25, 0.3) is 0 Å². The van der Waals surface area contributed by atoms with Crippen molar-refractivity contribution < 1.29 is 19.2 Å². The summed E-state index contributed by atoms with van der Waals surface area (Å²) in [7, 11) is 0.